The van der Waals surface area contributed by atoms with Crippen molar-refractivity contribution in [2.24, 2.45) is 0 Å². The Labute approximate surface area is 441 Å². The highest BCUT2D eigenvalue weighted by Gasteiger charge is 2.28. The van der Waals surface area contributed by atoms with Crippen molar-refractivity contribution in [1.82, 2.24) is 4.57 Å². The molecular formula is C72H74N2. The Morgan fingerprint density at radius 1 is 0.311 bits per heavy atom. The van der Waals surface area contributed by atoms with Crippen LogP contribution in [0.1, 0.15) is 132 Å². The first-order chi connectivity index (χ1) is 34.8. The zero-order chi connectivity index (χ0) is 52.4. The monoisotopic (exact) mass is 967 g/mol. The molecule has 0 atom stereocenters. The molecule has 0 amide bonds. The Morgan fingerprint density at radius 3 is 1.32 bits per heavy atom. The molecule has 0 saturated carbocycles. The van der Waals surface area contributed by atoms with E-state index in [4.69, 9.17) is 0 Å². The Balaban J connectivity index is 1.21. The number of hydrogen-bond acceptors (Lipinski definition) is 1. The van der Waals surface area contributed by atoms with Gasteiger partial charge in [0.1, 0.15) is 0 Å². The van der Waals surface area contributed by atoms with Crippen molar-refractivity contribution in [2.45, 2.75) is 131 Å². The van der Waals surface area contributed by atoms with Crippen molar-refractivity contribution in [3.8, 4) is 27.9 Å². The zero-order valence-corrected chi connectivity index (χ0v) is 46.6. The minimum atomic E-state index is -0.127. The van der Waals surface area contributed by atoms with Gasteiger partial charge in [-0.3, -0.25) is 0 Å². The van der Waals surface area contributed by atoms with Gasteiger partial charge in [0.05, 0.1) is 28.1 Å². The molecule has 372 valence electrons. The molecule has 0 aliphatic carbocycles. The number of fused-ring (bicyclic) bond motifs is 3. The first-order valence-corrected chi connectivity index (χ1v) is 26.9. The summed E-state index contributed by atoms with van der Waals surface area (Å²) >= 11 is 0. The van der Waals surface area contributed by atoms with Crippen molar-refractivity contribution in [2.75, 3.05) is 4.90 Å². The van der Waals surface area contributed by atoms with Gasteiger partial charge in [-0.25, -0.2) is 0 Å². The van der Waals surface area contributed by atoms with Crippen LogP contribution in [0.4, 0.5) is 17.1 Å². The average molecular weight is 967 g/mol. The van der Waals surface area contributed by atoms with Crippen LogP contribution < -0.4 is 4.90 Å². The lowest BCUT2D eigenvalue weighted by Gasteiger charge is -2.32. The number of benzene rings is 10. The molecule has 0 N–H and O–H groups in total. The average Bonchev–Trinajstić information content (AvgIpc) is 3.68. The van der Waals surface area contributed by atoms with Gasteiger partial charge in [0.15, 0.2) is 0 Å². The second-order valence-electron chi connectivity index (χ2n) is 26.4. The van der Waals surface area contributed by atoms with Gasteiger partial charge in [-0.2, -0.15) is 0 Å². The topological polar surface area (TPSA) is 8.17 Å². The summed E-state index contributed by atoms with van der Waals surface area (Å²) in [7, 11) is 0. The van der Waals surface area contributed by atoms with Crippen LogP contribution in [0.3, 0.4) is 0 Å². The SMILES string of the molecule is CC(C)(C)c1cc(-c2cc(C(C)(C)C)cc(C(C)(C)C)c2)cc(N(c2ccccc2-c2ccccc2)c2ccc3ccc4c(-n5c6ccc(C(C)(C)C)cc6c6cc(C(C)(C)C)ccc65)ccc5ccc2c3c54)c1. The van der Waals surface area contributed by atoms with Crippen LogP contribution in [0.2, 0.25) is 0 Å². The Hall–Kier alpha value is -7.16. The number of rotatable bonds is 6. The molecule has 0 fully saturated rings. The maximum absolute atomic E-state index is 2.57. The van der Waals surface area contributed by atoms with Crippen molar-refractivity contribution in [3.63, 3.8) is 0 Å². The van der Waals surface area contributed by atoms with E-state index in [2.05, 4.69) is 289 Å². The molecule has 1 aromatic heterocycles. The molecule has 0 aliphatic rings. The maximum atomic E-state index is 2.57. The van der Waals surface area contributed by atoms with E-state index in [1.807, 2.05) is 0 Å². The number of nitrogens with zero attached hydrogens (tertiary/aromatic N) is 2. The summed E-state index contributed by atoms with van der Waals surface area (Å²) < 4.78 is 2.54. The van der Waals surface area contributed by atoms with E-state index in [1.54, 1.807) is 0 Å². The van der Waals surface area contributed by atoms with Crippen molar-refractivity contribution in [1.29, 1.82) is 0 Å². The van der Waals surface area contributed by atoms with Crippen molar-refractivity contribution >= 4 is 71.2 Å². The molecule has 0 radical (unpaired) electrons. The number of anilines is 3. The second kappa shape index (κ2) is 17.2. The molecule has 1 heterocycles. The predicted molar refractivity (Wildman–Crippen MR) is 324 cm³/mol. The van der Waals surface area contributed by atoms with Gasteiger partial charge in [-0.15, -0.1) is 0 Å². The van der Waals surface area contributed by atoms with Crippen LogP contribution in [-0.4, -0.2) is 4.57 Å². The highest BCUT2D eigenvalue weighted by atomic mass is 15.1. The Bertz CT molecular complexity index is 3850. The molecule has 10 aromatic carbocycles. The third-order valence-electron chi connectivity index (χ3n) is 15.9. The first-order valence-electron chi connectivity index (χ1n) is 26.9. The Morgan fingerprint density at radius 2 is 0.770 bits per heavy atom. The van der Waals surface area contributed by atoms with Crippen LogP contribution >= 0.6 is 0 Å². The third kappa shape index (κ3) is 8.55. The highest BCUT2D eigenvalue weighted by Crippen LogP contribution is 2.50. The van der Waals surface area contributed by atoms with Gasteiger partial charge in [0, 0.05) is 32.8 Å². The number of hydrogen-bond donors (Lipinski definition) is 0. The Kier molecular flexibility index (Phi) is 11.4. The fraction of sp³-hybridized carbons (Fsp3) is 0.278. The summed E-state index contributed by atoms with van der Waals surface area (Å²) in [5.74, 6) is 0. The first kappa shape index (κ1) is 49.1. The molecule has 11 aromatic rings. The van der Waals surface area contributed by atoms with Gasteiger partial charge in [0.25, 0.3) is 0 Å². The normalized spacial score (nSPS) is 13.1. The largest absolute Gasteiger partial charge is 0.309 e. The van der Waals surface area contributed by atoms with E-state index in [-0.39, 0.29) is 27.1 Å². The highest BCUT2D eigenvalue weighted by molar-refractivity contribution is 6.27. The summed E-state index contributed by atoms with van der Waals surface area (Å²) in [4.78, 5) is 2.57. The second-order valence-corrected chi connectivity index (χ2v) is 26.4. The van der Waals surface area contributed by atoms with E-state index < -0.39 is 0 Å². The number of para-hydroxylation sites is 1. The summed E-state index contributed by atoms with van der Waals surface area (Å²) in [5, 5.41) is 10.1. The quantitative estimate of drug-likeness (QED) is 0.151. The summed E-state index contributed by atoms with van der Waals surface area (Å²) in [6.45, 7) is 35.0. The smallest absolute Gasteiger partial charge is 0.0541 e. The molecule has 74 heavy (non-hydrogen) atoms. The van der Waals surface area contributed by atoms with Crippen LogP contribution in [0, 0.1) is 0 Å². The van der Waals surface area contributed by atoms with Crippen molar-refractivity contribution < 1.29 is 0 Å². The van der Waals surface area contributed by atoms with Gasteiger partial charge >= 0.3 is 0 Å². The molecule has 0 unspecified atom stereocenters. The molecule has 11 rings (SSSR count). The molecule has 0 saturated heterocycles. The van der Waals surface area contributed by atoms with E-state index in [0.29, 0.717) is 0 Å². The minimum absolute atomic E-state index is 0.0180. The third-order valence-corrected chi connectivity index (χ3v) is 15.9. The lowest BCUT2D eigenvalue weighted by Crippen LogP contribution is -2.17. The minimum Gasteiger partial charge on any atom is -0.309 e. The van der Waals surface area contributed by atoms with Gasteiger partial charge in [0.2, 0.25) is 0 Å². The van der Waals surface area contributed by atoms with Crippen molar-refractivity contribution in [3.05, 3.63) is 204 Å². The van der Waals surface area contributed by atoms with Crippen LogP contribution in [-0.2, 0) is 27.1 Å². The molecule has 0 aliphatic heterocycles. The van der Waals surface area contributed by atoms with Gasteiger partial charge in [-0.1, -0.05) is 225 Å². The predicted octanol–water partition coefficient (Wildman–Crippen LogP) is 21.0. The molecule has 2 nitrogen and oxygen atoms in total. The fourth-order valence-corrected chi connectivity index (χ4v) is 11.3. The van der Waals surface area contributed by atoms with Crippen LogP contribution in [0.5, 0.6) is 0 Å². The van der Waals surface area contributed by atoms with E-state index in [1.165, 1.54) is 110 Å². The molecule has 0 spiro atoms. The summed E-state index contributed by atoms with van der Waals surface area (Å²) in [6, 6.07) is 67.9. The maximum Gasteiger partial charge on any atom is 0.0541 e. The van der Waals surface area contributed by atoms with E-state index >= 15 is 0 Å². The zero-order valence-electron chi connectivity index (χ0n) is 46.6. The van der Waals surface area contributed by atoms with Crippen LogP contribution in [0.15, 0.2) is 176 Å². The lowest BCUT2D eigenvalue weighted by atomic mass is 9.78. The van der Waals surface area contributed by atoms with Gasteiger partial charge in [-0.05, 0) is 148 Å². The molecule has 0 bridgehead atoms. The van der Waals surface area contributed by atoms with Gasteiger partial charge < -0.3 is 9.47 Å². The molecular weight excluding hydrogens is 893 g/mol. The van der Waals surface area contributed by atoms with E-state index in [0.717, 1.165) is 17.1 Å². The standard InChI is InChI=1S/C72H74N2/c1-68(2,3)50-29-35-64-59(43-50)60-44-51(69(4,5)6)30-36-65(60)74(64)63-34-28-47-25-31-57-62(33-27-46-26-32-58(63)67(47)66(46)57)73(61-24-20-19-23-56(61)45-21-17-16-18-22-45)55-40-49(39-54(42-55)72(13,14)15)48-37-52(70(7,8)9)41-53(38-48)71(10,11)12/h16-44H,1-15H3. The van der Waals surface area contributed by atoms with E-state index in [9.17, 15) is 0 Å². The summed E-state index contributed by atoms with van der Waals surface area (Å²) in [6.07, 6.45) is 0. The summed E-state index contributed by atoms with van der Waals surface area (Å²) in [5.41, 5.74) is 18.5. The van der Waals surface area contributed by atoms with Crippen LogP contribution in [0.25, 0.3) is 82.1 Å². The fourth-order valence-electron chi connectivity index (χ4n) is 11.3. The number of aromatic nitrogens is 1. The molecule has 2 heteroatoms. The lowest BCUT2D eigenvalue weighted by molar-refractivity contribution is 0.569.